The van der Waals surface area contributed by atoms with Crippen LogP contribution >= 0.6 is 11.6 Å². The Bertz CT molecular complexity index is 625. The first kappa shape index (κ1) is 12.5. The number of aliphatic hydroxyl groups excluding tert-OH is 1. The van der Waals surface area contributed by atoms with Crippen LogP contribution in [0.4, 0.5) is 4.39 Å². The second-order valence-corrected chi connectivity index (χ2v) is 4.05. The molecule has 18 heavy (non-hydrogen) atoms. The van der Waals surface area contributed by atoms with Crippen LogP contribution in [0.25, 0.3) is 0 Å². The first-order valence-electron chi connectivity index (χ1n) is 5.11. The summed E-state index contributed by atoms with van der Waals surface area (Å²) in [5.74, 6) is -0.575. The molecule has 0 aliphatic rings. The predicted molar refractivity (Wildman–Crippen MR) is 64.4 cm³/mol. The molecule has 1 N–H and O–H groups in total. The SMILES string of the molecule is N#Cc1ccc(F)c(C(O)c2ccnc(Cl)c2)c1. The largest absolute Gasteiger partial charge is 0.384 e. The molecule has 1 aromatic heterocycles. The van der Waals surface area contributed by atoms with E-state index in [4.69, 9.17) is 16.9 Å². The Morgan fingerprint density at radius 3 is 2.78 bits per heavy atom. The molecular weight excluding hydrogens is 255 g/mol. The number of hydrogen-bond donors (Lipinski definition) is 1. The van der Waals surface area contributed by atoms with Gasteiger partial charge in [-0.2, -0.15) is 5.26 Å². The van der Waals surface area contributed by atoms with Gasteiger partial charge in [0.1, 0.15) is 17.1 Å². The van der Waals surface area contributed by atoms with Crippen LogP contribution in [0.1, 0.15) is 22.8 Å². The van der Waals surface area contributed by atoms with Gasteiger partial charge in [-0.25, -0.2) is 9.37 Å². The summed E-state index contributed by atoms with van der Waals surface area (Å²) in [5.41, 5.74) is 0.742. The zero-order chi connectivity index (χ0) is 13.1. The third kappa shape index (κ3) is 2.48. The summed E-state index contributed by atoms with van der Waals surface area (Å²) in [6, 6.07) is 8.70. The highest BCUT2D eigenvalue weighted by atomic mass is 35.5. The van der Waals surface area contributed by atoms with Crippen molar-refractivity contribution in [2.45, 2.75) is 6.10 Å². The molecule has 1 heterocycles. The third-order valence-corrected chi connectivity index (χ3v) is 2.69. The lowest BCUT2D eigenvalue weighted by Crippen LogP contribution is -2.03. The molecule has 1 aromatic carbocycles. The van der Waals surface area contributed by atoms with Gasteiger partial charge in [0.25, 0.3) is 0 Å². The normalized spacial score (nSPS) is 11.9. The zero-order valence-electron chi connectivity index (χ0n) is 9.14. The van der Waals surface area contributed by atoms with Crippen molar-refractivity contribution >= 4 is 11.6 Å². The molecular formula is C13H8ClFN2O. The highest BCUT2D eigenvalue weighted by Crippen LogP contribution is 2.26. The zero-order valence-corrected chi connectivity index (χ0v) is 9.89. The van der Waals surface area contributed by atoms with Gasteiger partial charge >= 0.3 is 0 Å². The molecule has 0 saturated heterocycles. The Labute approximate surface area is 108 Å². The van der Waals surface area contributed by atoms with E-state index in [1.807, 2.05) is 6.07 Å². The molecule has 0 amide bonds. The molecule has 0 spiro atoms. The fourth-order valence-corrected chi connectivity index (χ4v) is 1.77. The van der Waals surface area contributed by atoms with Crippen LogP contribution in [-0.4, -0.2) is 10.1 Å². The Balaban J connectivity index is 2.46. The Morgan fingerprint density at radius 2 is 2.11 bits per heavy atom. The summed E-state index contributed by atoms with van der Waals surface area (Å²) in [4.78, 5) is 3.78. The second-order valence-electron chi connectivity index (χ2n) is 3.66. The van der Waals surface area contributed by atoms with Crippen molar-refractivity contribution in [1.29, 1.82) is 5.26 Å². The van der Waals surface area contributed by atoms with Gasteiger partial charge in [0, 0.05) is 11.8 Å². The first-order valence-corrected chi connectivity index (χ1v) is 5.48. The quantitative estimate of drug-likeness (QED) is 0.847. The van der Waals surface area contributed by atoms with Gasteiger partial charge in [-0.15, -0.1) is 0 Å². The monoisotopic (exact) mass is 262 g/mol. The highest BCUT2D eigenvalue weighted by molar-refractivity contribution is 6.29. The Morgan fingerprint density at radius 1 is 1.33 bits per heavy atom. The van der Waals surface area contributed by atoms with Gasteiger partial charge in [0.2, 0.25) is 0 Å². The molecule has 1 unspecified atom stereocenters. The summed E-state index contributed by atoms with van der Waals surface area (Å²) in [5, 5.41) is 19.1. The molecule has 1 atom stereocenters. The van der Waals surface area contributed by atoms with Gasteiger partial charge < -0.3 is 5.11 Å². The predicted octanol–water partition coefficient (Wildman–Crippen LogP) is 2.83. The van der Waals surface area contributed by atoms with E-state index in [1.54, 1.807) is 0 Å². The van der Waals surface area contributed by atoms with E-state index in [-0.39, 0.29) is 16.3 Å². The minimum Gasteiger partial charge on any atom is -0.384 e. The number of aliphatic hydroxyl groups is 1. The van der Waals surface area contributed by atoms with Crippen LogP contribution < -0.4 is 0 Å². The summed E-state index contributed by atoms with van der Waals surface area (Å²) in [6.45, 7) is 0. The Kier molecular flexibility index (Phi) is 3.56. The fourth-order valence-electron chi connectivity index (χ4n) is 1.59. The minimum absolute atomic E-state index is 0.0383. The first-order chi connectivity index (χ1) is 8.61. The van der Waals surface area contributed by atoms with Crippen molar-refractivity contribution in [3.8, 4) is 6.07 Å². The second kappa shape index (κ2) is 5.13. The van der Waals surface area contributed by atoms with E-state index in [0.717, 1.165) is 6.07 Å². The van der Waals surface area contributed by atoms with Crippen LogP contribution in [-0.2, 0) is 0 Å². The number of halogens is 2. The lowest BCUT2D eigenvalue weighted by molar-refractivity contribution is 0.215. The summed E-state index contributed by atoms with van der Waals surface area (Å²) in [6.07, 6.45) is 0.242. The lowest BCUT2D eigenvalue weighted by Gasteiger charge is -2.12. The van der Waals surface area contributed by atoms with Crippen LogP contribution in [0.15, 0.2) is 36.5 Å². The van der Waals surface area contributed by atoms with Gasteiger partial charge in [-0.05, 0) is 35.9 Å². The fraction of sp³-hybridized carbons (Fsp3) is 0.0769. The average molecular weight is 263 g/mol. The molecule has 0 aliphatic heterocycles. The van der Waals surface area contributed by atoms with Gasteiger partial charge in [-0.3, -0.25) is 0 Å². The van der Waals surface area contributed by atoms with Crippen molar-refractivity contribution in [3.05, 3.63) is 64.2 Å². The molecule has 90 valence electrons. The smallest absolute Gasteiger partial charge is 0.129 e. The molecule has 0 fully saturated rings. The van der Waals surface area contributed by atoms with Crippen molar-refractivity contribution in [2.24, 2.45) is 0 Å². The van der Waals surface area contributed by atoms with E-state index in [0.29, 0.717) is 5.56 Å². The van der Waals surface area contributed by atoms with Gasteiger partial charge in [-0.1, -0.05) is 11.6 Å². The van der Waals surface area contributed by atoms with Crippen molar-refractivity contribution in [2.75, 3.05) is 0 Å². The maximum Gasteiger partial charge on any atom is 0.129 e. The topological polar surface area (TPSA) is 56.9 Å². The minimum atomic E-state index is -1.18. The number of benzene rings is 1. The van der Waals surface area contributed by atoms with Crippen LogP contribution in [0.3, 0.4) is 0 Å². The number of pyridine rings is 1. The number of nitrogens with zero attached hydrogens (tertiary/aromatic N) is 2. The third-order valence-electron chi connectivity index (χ3n) is 2.49. The number of aromatic nitrogens is 1. The van der Waals surface area contributed by atoms with E-state index in [9.17, 15) is 9.50 Å². The molecule has 3 nitrogen and oxygen atoms in total. The van der Waals surface area contributed by atoms with Crippen molar-refractivity contribution in [3.63, 3.8) is 0 Å². The number of rotatable bonds is 2. The van der Waals surface area contributed by atoms with E-state index >= 15 is 0 Å². The van der Waals surface area contributed by atoms with Gasteiger partial charge in [0.05, 0.1) is 11.6 Å². The average Bonchev–Trinajstić information content (AvgIpc) is 2.38. The van der Waals surface area contributed by atoms with Crippen molar-refractivity contribution in [1.82, 2.24) is 4.98 Å². The van der Waals surface area contributed by atoms with E-state index < -0.39 is 11.9 Å². The van der Waals surface area contributed by atoms with Crippen LogP contribution in [0, 0.1) is 17.1 Å². The van der Waals surface area contributed by atoms with Crippen LogP contribution in [0.2, 0.25) is 5.15 Å². The van der Waals surface area contributed by atoms with Crippen molar-refractivity contribution < 1.29 is 9.50 Å². The molecule has 0 aliphatic carbocycles. The summed E-state index contributed by atoms with van der Waals surface area (Å²) >= 11 is 5.71. The standard InChI is InChI=1S/C13H8ClFN2O/c14-12-6-9(3-4-17-12)13(18)10-5-8(7-16)1-2-11(10)15/h1-6,13,18H. The Hall–Kier alpha value is -1.96. The van der Waals surface area contributed by atoms with Crippen LogP contribution in [0.5, 0.6) is 0 Å². The van der Waals surface area contributed by atoms with E-state index in [1.165, 1.54) is 30.5 Å². The molecule has 2 rings (SSSR count). The van der Waals surface area contributed by atoms with E-state index in [2.05, 4.69) is 4.98 Å². The molecule has 0 radical (unpaired) electrons. The number of hydrogen-bond acceptors (Lipinski definition) is 3. The highest BCUT2D eigenvalue weighted by Gasteiger charge is 2.16. The molecule has 0 saturated carbocycles. The number of nitriles is 1. The maximum absolute atomic E-state index is 13.6. The van der Waals surface area contributed by atoms with Gasteiger partial charge in [0.15, 0.2) is 0 Å². The lowest BCUT2D eigenvalue weighted by atomic mass is 10.0. The summed E-state index contributed by atoms with van der Waals surface area (Å²) < 4.78 is 13.6. The maximum atomic E-state index is 13.6. The molecule has 0 bridgehead atoms. The molecule has 5 heteroatoms. The molecule has 2 aromatic rings. The summed E-state index contributed by atoms with van der Waals surface area (Å²) in [7, 11) is 0.